The predicted octanol–water partition coefficient (Wildman–Crippen LogP) is 1.86. The lowest BCUT2D eigenvalue weighted by molar-refractivity contribution is -0.145. The maximum Gasteiger partial charge on any atom is 0.416 e. The molecule has 0 heterocycles. The molecule has 0 aromatic heterocycles. The highest BCUT2D eigenvalue weighted by Gasteiger charge is 2.32. The van der Waals surface area contributed by atoms with Gasteiger partial charge in [-0.2, -0.15) is 18.4 Å². The Bertz CT molecular complexity index is 638. The van der Waals surface area contributed by atoms with Crippen LogP contribution >= 0.6 is 0 Å². The molecule has 0 aliphatic carbocycles. The van der Waals surface area contributed by atoms with Crippen molar-refractivity contribution in [3.8, 4) is 6.07 Å². The summed E-state index contributed by atoms with van der Waals surface area (Å²) in [7, 11) is 0. The Balaban J connectivity index is 2.86. The predicted molar refractivity (Wildman–Crippen MR) is 75.4 cm³/mol. The van der Waals surface area contributed by atoms with Crippen molar-refractivity contribution >= 4 is 11.9 Å². The fraction of sp³-hybridized carbons (Fsp3) is 0.400. The summed E-state index contributed by atoms with van der Waals surface area (Å²) in [6.07, 6.45) is -6.51. The molecule has 9 heteroatoms. The van der Waals surface area contributed by atoms with Gasteiger partial charge in [0.2, 0.25) is 0 Å². The number of carboxylic acid groups (broad SMARTS) is 1. The third-order valence-electron chi connectivity index (χ3n) is 3.35. The number of nitrogens with zero attached hydrogens (tertiary/aromatic N) is 1. The maximum atomic E-state index is 12.5. The van der Waals surface area contributed by atoms with Crippen molar-refractivity contribution in [1.82, 2.24) is 5.32 Å². The highest BCUT2D eigenvalue weighted by molar-refractivity contribution is 5.87. The second-order valence-corrected chi connectivity index (χ2v) is 5.19. The van der Waals surface area contributed by atoms with E-state index in [4.69, 9.17) is 10.4 Å². The van der Waals surface area contributed by atoms with Gasteiger partial charge >= 0.3 is 12.1 Å². The number of amides is 1. The van der Waals surface area contributed by atoms with Gasteiger partial charge in [0.25, 0.3) is 5.91 Å². The van der Waals surface area contributed by atoms with E-state index in [9.17, 15) is 27.9 Å². The van der Waals surface area contributed by atoms with Crippen LogP contribution in [0.2, 0.25) is 0 Å². The zero-order valence-electron chi connectivity index (χ0n) is 12.5. The molecule has 0 spiro atoms. The first kappa shape index (κ1) is 19.4. The summed E-state index contributed by atoms with van der Waals surface area (Å²) in [5.74, 6) is -3.17. The minimum atomic E-state index is -4.55. The Morgan fingerprint density at radius 1 is 1.29 bits per heavy atom. The number of aliphatic hydroxyl groups is 1. The zero-order valence-corrected chi connectivity index (χ0v) is 12.5. The van der Waals surface area contributed by atoms with E-state index in [0.29, 0.717) is 12.1 Å². The van der Waals surface area contributed by atoms with Crippen molar-refractivity contribution in [2.75, 3.05) is 0 Å². The Kier molecular flexibility index (Phi) is 6.31. The summed E-state index contributed by atoms with van der Waals surface area (Å²) in [6.45, 7) is 1.44. The molecule has 1 rings (SSSR count). The van der Waals surface area contributed by atoms with Crippen LogP contribution in [0.3, 0.4) is 0 Å². The zero-order chi connectivity index (χ0) is 18.5. The minimum absolute atomic E-state index is 0.113. The molecule has 3 N–H and O–H groups in total. The topological polar surface area (TPSA) is 110 Å². The maximum absolute atomic E-state index is 12.5. The number of carboxylic acids is 1. The fourth-order valence-corrected chi connectivity index (χ4v) is 1.95. The molecular weight excluding hydrogens is 329 g/mol. The largest absolute Gasteiger partial charge is 0.480 e. The molecule has 24 heavy (non-hydrogen) atoms. The summed E-state index contributed by atoms with van der Waals surface area (Å²) in [4.78, 5) is 23.1. The molecule has 0 fully saturated rings. The number of rotatable bonds is 6. The number of aliphatic carboxylic acids is 1. The Labute approximate surface area is 135 Å². The first-order chi connectivity index (χ1) is 11.1. The van der Waals surface area contributed by atoms with Crippen molar-refractivity contribution in [2.45, 2.75) is 31.7 Å². The highest BCUT2D eigenvalue weighted by Crippen LogP contribution is 2.30. The fourth-order valence-electron chi connectivity index (χ4n) is 1.95. The lowest BCUT2D eigenvalue weighted by atomic mass is 9.98. The summed E-state index contributed by atoms with van der Waals surface area (Å²) in [5.41, 5.74) is -1.05. The molecule has 0 bridgehead atoms. The van der Waals surface area contributed by atoms with Gasteiger partial charge in [-0.15, -0.1) is 0 Å². The van der Waals surface area contributed by atoms with Crippen molar-refractivity contribution in [3.63, 3.8) is 0 Å². The van der Waals surface area contributed by atoms with Gasteiger partial charge in [-0.25, -0.2) is 4.79 Å². The number of carbonyl (C=O) groups is 2. The molecule has 0 saturated carbocycles. The van der Waals surface area contributed by atoms with Gasteiger partial charge in [-0.3, -0.25) is 4.79 Å². The standard InChI is InChI=1S/C15H15F3N2O4/c1-8(6-7-19)11(14(23)24)20-13(22)12(21)9-2-4-10(5-3-9)15(16,17)18/h2-5,8,11-12,21H,6H2,1H3,(H,20,22)(H,23,24)/t8-,11-,12+/m1/s1. The molecule has 130 valence electrons. The van der Waals surface area contributed by atoms with Crippen LogP contribution in [0.4, 0.5) is 13.2 Å². The van der Waals surface area contributed by atoms with E-state index in [1.807, 2.05) is 0 Å². The third kappa shape index (κ3) is 4.96. The summed E-state index contributed by atoms with van der Waals surface area (Å²) in [6, 6.07) is 3.65. The number of carbonyl (C=O) groups excluding carboxylic acids is 1. The highest BCUT2D eigenvalue weighted by atomic mass is 19.4. The SMILES string of the molecule is C[C@H](CC#N)[C@@H](NC(=O)[C@@H](O)c1ccc(C(F)(F)F)cc1)C(=O)O. The second kappa shape index (κ2) is 7.79. The average molecular weight is 344 g/mol. The van der Waals surface area contributed by atoms with Gasteiger partial charge in [0.05, 0.1) is 11.6 Å². The average Bonchev–Trinajstić information content (AvgIpc) is 2.50. The van der Waals surface area contributed by atoms with Gasteiger partial charge < -0.3 is 15.5 Å². The van der Waals surface area contributed by atoms with Gasteiger partial charge in [0.1, 0.15) is 6.04 Å². The molecule has 6 nitrogen and oxygen atoms in total. The van der Waals surface area contributed by atoms with Crippen LogP contribution in [0.15, 0.2) is 24.3 Å². The summed E-state index contributed by atoms with van der Waals surface area (Å²) < 4.78 is 37.4. The number of benzene rings is 1. The van der Waals surface area contributed by atoms with E-state index in [0.717, 1.165) is 12.1 Å². The van der Waals surface area contributed by atoms with E-state index < -0.39 is 41.7 Å². The van der Waals surface area contributed by atoms with Gasteiger partial charge in [-0.1, -0.05) is 19.1 Å². The molecule has 1 aromatic carbocycles. The van der Waals surface area contributed by atoms with Gasteiger partial charge in [0, 0.05) is 12.3 Å². The third-order valence-corrected chi connectivity index (χ3v) is 3.35. The Morgan fingerprint density at radius 2 is 1.83 bits per heavy atom. The first-order valence-electron chi connectivity index (χ1n) is 6.83. The van der Waals surface area contributed by atoms with Crippen molar-refractivity contribution < 1.29 is 33.0 Å². The van der Waals surface area contributed by atoms with Crippen molar-refractivity contribution in [1.29, 1.82) is 5.26 Å². The normalized spacial score (nSPS) is 15.0. The molecule has 0 aliphatic rings. The Morgan fingerprint density at radius 3 is 2.25 bits per heavy atom. The van der Waals surface area contributed by atoms with E-state index in [-0.39, 0.29) is 12.0 Å². The molecule has 0 radical (unpaired) electrons. The number of alkyl halides is 3. The lowest BCUT2D eigenvalue weighted by Crippen LogP contribution is -2.46. The van der Waals surface area contributed by atoms with Crippen LogP contribution < -0.4 is 5.32 Å². The van der Waals surface area contributed by atoms with E-state index in [2.05, 4.69) is 5.32 Å². The second-order valence-electron chi connectivity index (χ2n) is 5.19. The lowest BCUT2D eigenvalue weighted by Gasteiger charge is -2.21. The molecular formula is C15H15F3N2O4. The summed E-state index contributed by atoms with van der Waals surface area (Å²) in [5, 5.41) is 29.6. The van der Waals surface area contributed by atoms with Gasteiger partial charge in [-0.05, 0) is 17.7 Å². The molecule has 0 saturated heterocycles. The molecule has 0 aliphatic heterocycles. The molecule has 1 aromatic rings. The van der Waals surface area contributed by atoms with Crippen LogP contribution in [-0.4, -0.2) is 28.1 Å². The number of nitriles is 1. The number of hydrogen-bond donors (Lipinski definition) is 3. The Hall–Kier alpha value is -2.60. The summed E-state index contributed by atoms with van der Waals surface area (Å²) >= 11 is 0. The molecule has 1 amide bonds. The number of nitrogens with one attached hydrogen (secondary N) is 1. The number of halogens is 3. The number of aliphatic hydroxyl groups excluding tert-OH is 1. The monoisotopic (exact) mass is 344 g/mol. The van der Waals surface area contributed by atoms with E-state index >= 15 is 0 Å². The van der Waals surface area contributed by atoms with Crippen LogP contribution in [-0.2, 0) is 15.8 Å². The van der Waals surface area contributed by atoms with Crippen LogP contribution in [0, 0.1) is 17.2 Å². The smallest absolute Gasteiger partial charge is 0.416 e. The first-order valence-corrected chi connectivity index (χ1v) is 6.83. The molecule has 0 unspecified atom stereocenters. The van der Waals surface area contributed by atoms with E-state index in [1.165, 1.54) is 6.92 Å². The minimum Gasteiger partial charge on any atom is -0.480 e. The number of hydrogen-bond acceptors (Lipinski definition) is 4. The van der Waals surface area contributed by atoms with Crippen molar-refractivity contribution in [2.24, 2.45) is 5.92 Å². The van der Waals surface area contributed by atoms with Crippen molar-refractivity contribution in [3.05, 3.63) is 35.4 Å². The van der Waals surface area contributed by atoms with Crippen LogP contribution in [0.1, 0.15) is 30.6 Å². The quantitative estimate of drug-likeness (QED) is 0.729. The van der Waals surface area contributed by atoms with Crippen LogP contribution in [0.5, 0.6) is 0 Å². The van der Waals surface area contributed by atoms with Crippen LogP contribution in [0.25, 0.3) is 0 Å². The van der Waals surface area contributed by atoms with E-state index in [1.54, 1.807) is 6.07 Å². The van der Waals surface area contributed by atoms with Gasteiger partial charge in [0.15, 0.2) is 6.10 Å². The molecule has 3 atom stereocenters.